The lowest BCUT2D eigenvalue weighted by Crippen LogP contribution is -2.54. The number of amides is 4. The molecule has 28 heavy (non-hydrogen) atoms. The largest absolute Gasteiger partial charge is 0.357 e. The Morgan fingerprint density at radius 2 is 1.82 bits per heavy atom. The molecule has 1 aliphatic rings. The summed E-state index contributed by atoms with van der Waals surface area (Å²) in [5, 5.41) is 5.92. The number of hydrogen-bond donors (Lipinski definition) is 4. The first-order chi connectivity index (χ1) is 13.0. The molecular weight excluding hydrogens is 378 g/mol. The van der Waals surface area contributed by atoms with Gasteiger partial charge in [-0.3, -0.25) is 25.3 Å². The second-order valence-corrected chi connectivity index (χ2v) is 8.42. The highest BCUT2D eigenvalue weighted by molar-refractivity contribution is 7.80. The van der Waals surface area contributed by atoms with Crippen LogP contribution in [0.15, 0.2) is 30.3 Å². The summed E-state index contributed by atoms with van der Waals surface area (Å²) in [6.45, 7) is 7.05. The topological polar surface area (TPSA) is 103 Å². The zero-order chi connectivity index (χ0) is 20.9. The fraction of sp³-hybridized carbons (Fsp3) is 0.474. The maximum Gasteiger partial charge on any atom is 0.325 e. The Labute approximate surface area is 170 Å². The summed E-state index contributed by atoms with van der Waals surface area (Å²) in [6.07, 6.45) is 1.08. The molecule has 1 saturated heterocycles. The van der Waals surface area contributed by atoms with Crippen LogP contribution in [0.25, 0.3) is 0 Å². The number of thiocarbonyl (C=S) groups is 1. The fourth-order valence-corrected chi connectivity index (χ4v) is 3.14. The lowest BCUT2D eigenvalue weighted by atomic mass is 9.93. The van der Waals surface area contributed by atoms with Gasteiger partial charge in [0, 0.05) is 5.54 Å². The summed E-state index contributed by atoms with van der Waals surface area (Å²) < 4.78 is 0. The highest BCUT2D eigenvalue weighted by atomic mass is 32.1. The number of imide groups is 1. The highest BCUT2D eigenvalue weighted by Gasteiger charge is 2.47. The van der Waals surface area contributed by atoms with Crippen LogP contribution in [0, 0.1) is 0 Å². The van der Waals surface area contributed by atoms with Gasteiger partial charge >= 0.3 is 6.03 Å². The van der Waals surface area contributed by atoms with Crippen LogP contribution in [-0.4, -0.2) is 45.5 Å². The van der Waals surface area contributed by atoms with Gasteiger partial charge in [0.1, 0.15) is 12.1 Å². The van der Waals surface area contributed by atoms with Crippen LogP contribution in [0.1, 0.15) is 39.7 Å². The molecule has 0 radical (unpaired) electrons. The lowest BCUT2D eigenvalue weighted by Gasteiger charge is -2.23. The number of aryl methyl sites for hydroxylation is 1. The average Bonchev–Trinajstić information content (AvgIpc) is 2.81. The third-order valence-corrected chi connectivity index (χ3v) is 4.41. The molecule has 8 nitrogen and oxygen atoms in total. The summed E-state index contributed by atoms with van der Waals surface area (Å²) in [5.41, 5.74) is 4.73. The van der Waals surface area contributed by atoms with Gasteiger partial charge in [-0.15, -0.1) is 0 Å². The van der Waals surface area contributed by atoms with E-state index < -0.39 is 29.9 Å². The predicted molar refractivity (Wildman–Crippen MR) is 110 cm³/mol. The van der Waals surface area contributed by atoms with Crippen LogP contribution in [0.2, 0.25) is 0 Å². The lowest BCUT2D eigenvalue weighted by molar-refractivity contribution is -0.134. The Bertz CT molecular complexity index is 763. The molecule has 152 valence electrons. The Morgan fingerprint density at radius 1 is 1.18 bits per heavy atom. The molecule has 0 unspecified atom stereocenters. The van der Waals surface area contributed by atoms with E-state index in [0.717, 1.165) is 10.5 Å². The summed E-state index contributed by atoms with van der Waals surface area (Å²) in [7, 11) is 0. The molecule has 4 N–H and O–H groups in total. The molecule has 4 amide bonds. The molecule has 1 fully saturated rings. The zero-order valence-corrected chi connectivity index (χ0v) is 17.4. The third-order valence-electron chi connectivity index (χ3n) is 4.21. The van der Waals surface area contributed by atoms with Crippen LogP contribution in [0.5, 0.6) is 0 Å². The number of hydrogen-bond acceptors (Lipinski definition) is 4. The van der Waals surface area contributed by atoms with Gasteiger partial charge in [-0.1, -0.05) is 30.3 Å². The maximum absolute atomic E-state index is 12.7. The minimum Gasteiger partial charge on any atom is -0.357 e. The minimum absolute atomic E-state index is 0.241. The first-order valence-electron chi connectivity index (χ1n) is 9.05. The number of rotatable bonds is 5. The molecule has 0 aliphatic carbocycles. The number of carbonyl (C=O) groups excluding carboxylic acids is 3. The number of nitrogens with zero attached hydrogens (tertiary/aromatic N) is 1. The number of benzene rings is 1. The van der Waals surface area contributed by atoms with Crippen molar-refractivity contribution in [2.45, 2.75) is 51.6 Å². The molecule has 0 aromatic heterocycles. The van der Waals surface area contributed by atoms with E-state index >= 15 is 0 Å². The molecular formula is C19H27N5O3S. The van der Waals surface area contributed by atoms with E-state index in [4.69, 9.17) is 12.2 Å². The standard InChI is InChI=1S/C19H27N5O3S/c1-18(2,3)20-16(28)23-22-14(25)12-24-15(26)19(4,21-17(24)27)11-10-13-8-6-5-7-9-13/h5-9H,10-12H2,1-4H3,(H,21,27)(H,22,25)(H2,20,23,28)/t19-/m0/s1. The van der Waals surface area contributed by atoms with Gasteiger partial charge in [0.05, 0.1) is 0 Å². The van der Waals surface area contributed by atoms with Crippen molar-refractivity contribution in [1.82, 2.24) is 26.4 Å². The SMILES string of the molecule is CC(C)(C)NC(=S)NNC(=O)CN1C(=O)N[C@@](C)(CCc2ccccc2)C1=O. The normalized spacial score (nSPS) is 19.2. The molecule has 1 aromatic rings. The van der Waals surface area contributed by atoms with E-state index in [0.29, 0.717) is 12.8 Å². The molecule has 1 atom stereocenters. The van der Waals surface area contributed by atoms with E-state index in [1.165, 1.54) is 0 Å². The second kappa shape index (κ2) is 8.55. The van der Waals surface area contributed by atoms with E-state index in [2.05, 4.69) is 21.5 Å². The Hall–Kier alpha value is -2.68. The van der Waals surface area contributed by atoms with Crippen LogP contribution in [-0.2, 0) is 16.0 Å². The van der Waals surface area contributed by atoms with Gasteiger partial charge < -0.3 is 10.6 Å². The second-order valence-electron chi connectivity index (χ2n) is 8.02. The average molecular weight is 406 g/mol. The van der Waals surface area contributed by atoms with Crippen molar-refractivity contribution in [3.8, 4) is 0 Å². The molecule has 2 rings (SSSR count). The predicted octanol–water partition coefficient (Wildman–Crippen LogP) is 1.22. The summed E-state index contributed by atoms with van der Waals surface area (Å²) >= 11 is 5.07. The van der Waals surface area contributed by atoms with Crippen LogP contribution in [0.3, 0.4) is 0 Å². The molecule has 0 saturated carbocycles. The first kappa shape index (κ1) is 21.6. The maximum atomic E-state index is 12.7. The van der Waals surface area contributed by atoms with Gasteiger partial charge in [-0.05, 0) is 58.3 Å². The molecule has 9 heteroatoms. The Kier molecular flexibility index (Phi) is 6.60. The minimum atomic E-state index is -1.04. The van der Waals surface area contributed by atoms with Crippen molar-refractivity contribution in [2.75, 3.05) is 6.54 Å². The molecule has 1 heterocycles. The van der Waals surface area contributed by atoms with E-state index in [1.54, 1.807) is 6.92 Å². The number of carbonyl (C=O) groups is 3. The monoisotopic (exact) mass is 405 g/mol. The van der Waals surface area contributed by atoms with Crippen molar-refractivity contribution in [2.24, 2.45) is 0 Å². The van der Waals surface area contributed by atoms with Crippen molar-refractivity contribution >= 4 is 35.2 Å². The van der Waals surface area contributed by atoms with Gasteiger partial charge in [0.2, 0.25) is 0 Å². The van der Waals surface area contributed by atoms with Crippen molar-refractivity contribution < 1.29 is 14.4 Å². The number of nitrogens with one attached hydrogen (secondary N) is 4. The van der Waals surface area contributed by atoms with Crippen LogP contribution >= 0.6 is 12.2 Å². The summed E-state index contributed by atoms with van der Waals surface area (Å²) in [5.74, 6) is -0.965. The van der Waals surface area contributed by atoms with Crippen LogP contribution in [0.4, 0.5) is 4.79 Å². The quantitative estimate of drug-likeness (QED) is 0.334. The third kappa shape index (κ3) is 5.91. The number of urea groups is 1. The Balaban J connectivity index is 1.88. The van der Waals surface area contributed by atoms with Crippen molar-refractivity contribution in [3.63, 3.8) is 0 Å². The molecule has 0 spiro atoms. The van der Waals surface area contributed by atoms with E-state index in [1.807, 2.05) is 51.1 Å². The van der Waals surface area contributed by atoms with Gasteiger partial charge in [-0.25, -0.2) is 4.79 Å². The molecule has 1 aliphatic heterocycles. The van der Waals surface area contributed by atoms with Gasteiger partial charge in [-0.2, -0.15) is 0 Å². The first-order valence-corrected chi connectivity index (χ1v) is 9.46. The number of hydrazine groups is 1. The Morgan fingerprint density at radius 3 is 2.43 bits per heavy atom. The summed E-state index contributed by atoms with van der Waals surface area (Å²) in [6, 6.07) is 9.13. The van der Waals surface area contributed by atoms with Gasteiger partial charge in [0.25, 0.3) is 11.8 Å². The van der Waals surface area contributed by atoms with E-state index in [9.17, 15) is 14.4 Å². The van der Waals surface area contributed by atoms with Gasteiger partial charge in [0.15, 0.2) is 5.11 Å². The fourth-order valence-electron chi connectivity index (χ4n) is 2.78. The van der Waals surface area contributed by atoms with Crippen LogP contribution < -0.4 is 21.5 Å². The molecule has 0 bridgehead atoms. The van der Waals surface area contributed by atoms with Crippen molar-refractivity contribution in [1.29, 1.82) is 0 Å². The zero-order valence-electron chi connectivity index (χ0n) is 16.6. The van der Waals surface area contributed by atoms with E-state index in [-0.39, 0.29) is 10.7 Å². The molecule has 1 aromatic carbocycles. The highest BCUT2D eigenvalue weighted by Crippen LogP contribution is 2.23. The smallest absolute Gasteiger partial charge is 0.325 e. The van der Waals surface area contributed by atoms with Crippen molar-refractivity contribution in [3.05, 3.63) is 35.9 Å². The summed E-state index contributed by atoms with van der Waals surface area (Å²) in [4.78, 5) is 38.0.